The Bertz CT molecular complexity index is 451. The Hall–Kier alpha value is -1.84. The molecule has 2 rings (SSSR count). The molecule has 0 spiro atoms. The molecule has 1 heterocycles. The van der Waals surface area contributed by atoms with E-state index < -0.39 is 0 Å². The van der Waals surface area contributed by atoms with Gasteiger partial charge in [-0.3, -0.25) is 0 Å². The number of hydrogen-bond donors (Lipinski definition) is 0. The zero-order valence-corrected chi connectivity index (χ0v) is 10.2. The Morgan fingerprint density at radius 1 is 1.24 bits per heavy atom. The van der Waals surface area contributed by atoms with Gasteiger partial charge in [-0.2, -0.15) is 0 Å². The van der Waals surface area contributed by atoms with Crippen molar-refractivity contribution >= 4 is 0 Å². The second kappa shape index (κ2) is 5.48. The van der Waals surface area contributed by atoms with E-state index in [1.165, 1.54) is 0 Å². The second-order valence-electron chi connectivity index (χ2n) is 4.16. The molecule has 0 aliphatic carbocycles. The van der Waals surface area contributed by atoms with Crippen molar-refractivity contribution in [2.45, 2.75) is 26.3 Å². The zero-order chi connectivity index (χ0) is 12.1. The van der Waals surface area contributed by atoms with Gasteiger partial charge in [0.15, 0.2) is 0 Å². The van der Waals surface area contributed by atoms with Crippen LogP contribution in [0.4, 0.5) is 0 Å². The maximum Gasteiger partial charge on any atom is 0.136 e. The number of hydrogen-bond acceptors (Lipinski definition) is 3. The summed E-state index contributed by atoms with van der Waals surface area (Å²) < 4.78 is 7.70. The van der Waals surface area contributed by atoms with Gasteiger partial charge in [-0.15, -0.1) is 10.2 Å². The minimum absolute atomic E-state index is 0.386. The van der Waals surface area contributed by atoms with Crippen LogP contribution in [0, 0.1) is 0 Å². The third kappa shape index (κ3) is 3.06. The van der Waals surface area contributed by atoms with E-state index in [1.807, 2.05) is 30.3 Å². The fourth-order valence-corrected chi connectivity index (χ4v) is 1.65. The lowest BCUT2D eigenvalue weighted by Gasteiger charge is -2.10. The molecule has 0 aliphatic heterocycles. The molecule has 4 heteroatoms. The first-order valence-corrected chi connectivity index (χ1v) is 5.83. The van der Waals surface area contributed by atoms with E-state index in [2.05, 4.69) is 28.6 Å². The van der Waals surface area contributed by atoms with Crippen LogP contribution in [-0.2, 0) is 6.42 Å². The molecule has 0 saturated heterocycles. The SMILES string of the molecule is CC(C)n1cnnc1CCOc1ccccc1. The monoisotopic (exact) mass is 231 g/mol. The molecule has 90 valence electrons. The molecule has 1 aromatic heterocycles. The van der Waals surface area contributed by atoms with Gasteiger partial charge in [0.05, 0.1) is 6.61 Å². The van der Waals surface area contributed by atoms with Gasteiger partial charge < -0.3 is 9.30 Å². The Morgan fingerprint density at radius 2 is 2.00 bits per heavy atom. The second-order valence-corrected chi connectivity index (χ2v) is 4.16. The Kier molecular flexibility index (Phi) is 3.75. The van der Waals surface area contributed by atoms with Crippen molar-refractivity contribution in [2.75, 3.05) is 6.61 Å². The van der Waals surface area contributed by atoms with E-state index >= 15 is 0 Å². The standard InChI is InChI=1S/C13H17N3O/c1-11(2)16-10-14-15-13(16)8-9-17-12-6-4-3-5-7-12/h3-7,10-11H,8-9H2,1-2H3. The third-order valence-corrected chi connectivity index (χ3v) is 2.54. The van der Waals surface area contributed by atoms with Gasteiger partial charge in [0, 0.05) is 12.5 Å². The minimum Gasteiger partial charge on any atom is -0.493 e. The van der Waals surface area contributed by atoms with Crippen LogP contribution in [0.1, 0.15) is 25.7 Å². The Labute approximate surface area is 101 Å². The molecule has 17 heavy (non-hydrogen) atoms. The van der Waals surface area contributed by atoms with Gasteiger partial charge in [-0.05, 0) is 26.0 Å². The van der Waals surface area contributed by atoms with Crippen LogP contribution in [0.3, 0.4) is 0 Å². The highest BCUT2D eigenvalue weighted by Crippen LogP contribution is 2.10. The molecule has 0 unspecified atom stereocenters. The molecule has 0 radical (unpaired) electrons. The van der Waals surface area contributed by atoms with Crippen LogP contribution in [-0.4, -0.2) is 21.4 Å². The summed E-state index contributed by atoms with van der Waals surface area (Å²) in [6.45, 7) is 4.85. The number of nitrogens with zero attached hydrogens (tertiary/aromatic N) is 3. The highest BCUT2D eigenvalue weighted by atomic mass is 16.5. The predicted octanol–water partition coefficient (Wildman–Crippen LogP) is 2.48. The molecule has 0 bridgehead atoms. The first-order chi connectivity index (χ1) is 8.27. The summed E-state index contributed by atoms with van der Waals surface area (Å²) in [5, 5.41) is 8.03. The van der Waals surface area contributed by atoms with E-state index in [0.29, 0.717) is 12.6 Å². The van der Waals surface area contributed by atoms with Crippen molar-refractivity contribution in [3.8, 4) is 5.75 Å². The van der Waals surface area contributed by atoms with Crippen LogP contribution in [0.25, 0.3) is 0 Å². The summed E-state index contributed by atoms with van der Waals surface area (Å²) in [6.07, 6.45) is 2.54. The van der Waals surface area contributed by atoms with Gasteiger partial charge in [-0.1, -0.05) is 18.2 Å². The molecule has 0 aliphatic rings. The summed E-state index contributed by atoms with van der Waals surface area (Å²) in [7, 11) is 0. The van der Waals surface area contributed by atoms with Crippen molar-refractivity contribution in [2.24, 2.45) is 0 Å². The fraction of sp³-hybridized carbons (Fsp3) is 0.385. The highest BCUT2D eigenvalue weighted by Gasteiger charge is 2.06. The molecular formula is C13H17N3O. The molecule has 0 amide bonds. The van der Waals surface area contributed by atoms with Gasteiger partial charge >= 0.3 is 0 Å². The predicted molar refractivity (Wildman–Crippen MR) is 66.0 cm³/mol. The molecule has 1 aromatic carbocycles. The smallest absolute Gasteiger partial charge is 0.136 e. The van der Waals surface area contributed by atoms with Crippen molar-refractivity contribution < 1.29 is 4.74 Å². The van der Waals surface area contributed by atoms with E-state index in [9.17, 15) is 0 Å². The van der Waals surface area contributed by atoms with Gasteiger partial charge in [0.1, 0.15) is 17.9 Å². The fourth-order valence-electron chi connectivity index (χ4n) is 1.65. The summed E-state index contributed by atoms with van der Waals surface area (Å²) in [4.78, 5) is 0. The molecular weight excluding hydrogens is 214 g/mol. The van der Waals surface area contributed by atoms with Gasteiger partial charge in [0.2, 0.25) is 0 Å². The highest BCUT2D eigenvalue weighted by molar-refractivity contribution is 5.20. The normalized spacial score (nSPS) is 10.8. The first-order valence-electron chi connectivity index (χ1n) is 5.83. The number of benzene rings is 1. The molecule has 0 atom stereocenters. The number of ether oxygens (including phenoxy) is 1. The summed E-state index contributed by atoms with van der Waals surface area (Å²) in [5.74, 6) is 1.86. The number of aromatic nitrogens is 3. The molecule has 2 aromatic rings. The van der Waals surface area contributed by atoms with Crippen LogP contribution in [0.2, 0.25) is 0 Å². The quantitative estimate of drug-likeness (QED) is 0.793. The third-order valence-electron chi connectivity index (χ3n) is 2.54. The van der Waals surface area contributed by atoms with Crippen LogP contribution >= 0.6 is 0 Å². The summed E-state index contributed by atoms with van der Waals surface area (Å²) in [6, 6.07) is 10.2. The Balaban J connectivity index is 1.88. The summed E-state index contributed by atoms with van der Waals surface area (Å²) >= 11 is 0. The Morgan fingerprint density at radius 3 is 2.71 bits per heavy atom. The minimum atomic E-state index is 0.386. The largest absolute Gasteiger partial charge is 0.493 e. The van der Waals surface area contributed by atoms with Crippen LogP contribution in [0.5, 0.6) is 5.75 Å². The van der Waals surface area contributed by atoms with Crippen molar-refractivity contribution in [3.63, 3.8) is 0 Å². The van der Waals surface area contributed by atoms with Gasteiger partial charge in [-0.25, -0.2) is 0 Å². The average molecular weight is 231 g/mol. The van der Waals surface area contributed by atoms with Crippen LogP contribution < -0.4 is 4.74 Å². The maximum atomic E-state index is 5.63. The van der Waals surface area contributed by atoms with Crippen molar-refractivity contribution in [1.82, 2.24) is 14.8 Å². The first kappa shape index (κ1) is 11.6. The average Bonchev–Trinajstić information content (AvgIpc) is 2.79. The number of para-hydroxylation sites is 1. The van der Waals surface area contributed by atoms with E-state index in [-0.39, 0.29) is 0 Å². The lowest BCUT2D eigenvalue weighted by molar-refractivity contribution is 0.315. The van der Waals surface area contributed by atoms with E-state index in [1.54, 1.807) is 6.33 Å². The number of rotatable bonds is 5. The lowest BCUT2D eigenvalue weighted by Crippen LogP contribution is -2.10. The van der Waals surface area contributed by atoms with E-state index in [0.717, 1.165) is 18.0 Å². The van der Waals surface area contributed by atoms with Gasteiger partial charge in [0.25, 0.3) is 0 Å². The molecule has 0 N–H and O–H groups in total. The van der Waals surface area contributed by atoms with E-state index in [4.69, 9.17) is 4.74 Å². The zero-order valence-electron chi connectivity index (χ0n) is 10.2. The summed E-state index contributed by atoms with van der Waals surface area (Å²) in [5.41, 5.74) is 0. The van der Waals surface area contributed by atoms with Crippen LogP contribution in [0.15, 0.2) is 36.7 Å². The maximum absolute atomic E-state index is 5.63. The lowest BCUT2D eigenvalue weighted by atomic mass is 10.3. The topological polar surface area (TPSA) is 39.9 Å². The van der Waals surface area contributed by atoms with Crippen molar-refractivity contribution in [3.05, 3.63) is 42.5 Å². The molecule has 0 saturated carbocycles. The van der Waals surface area contributed by atoms with Crippen molar-refractivity contribution in [1.29, 1.82) is 0 Å². The molecule has 4 nitrogen and oxygen atoms in total. The molecule has 0 fully saturated rings.